The summed E-state index contributed by atoms with van der Waals surface area (Å²) in [5, 5.41) is 0. The van der Waals surface area contributed by atoms with Crippen molar-refractivity contribution >= 4 is 31.5 Å². The van der Waals surface area contributed by atoms with Gasteiger partial charge in [-0.3, -0.25) is 4.79 Å². The van der Waals surface area contributed by atoms with Crippen molar-refractivity contribution in [2.24, 2.45) is 0 Å². The molecule has 3 rings (SSSR count). The molecule has 0 saturated heterocycles. The molecule has 2 aromatic carbocycles. The smallest absolute Gasteiger partial charge is 0.241 e. The number of carbonyl (C=O) groups excluding carboxylic acids is 1. The lowest BCUT2D eigenvalue weighted by molar-refractivity contribution is -0.118. The Labute approximate surface area is 178 Å². The molecule has 30 heavy (non-hydrogen) atoms. The molecule has 0 aliphatic carbocycles. The number of hydrogen-bond acceptors (Lipinski definition) is 5. The Kier molecular flexibility index (Phi) is 6.35. The number of sulfonamides is 1. The van der Waals surface area contributed by atoms with Gasteiger partial charge in [0.2, 0.25) is 15.9 Å². The van der Waals surface area contributed by atoms with E-state index in [0.29, 0.717) is 31.4 Å². The van der Waals surface area contributed by atoms with Gasteiger partial charge in [0.05, 0.1) is 9.79 Å². The number of nitrogens with one attached hydrogen (secondary N) is 1. The van der Waals surface area contributed by atoms with Gasteiger partial charge in [-0.15, -0.1) is 0 Å². The molecular formula is C21H26N2O5S2. The molecule has 1 N–H and O–H groups in total. The normalized spacial score (nSPS) is 15.1. The minimum absolute atomic E-state index is 0.0195. The number of fused-ring (bicyclic) bond motifs is 1. The molecule has 0 spiro atoms. The summed E-state index contributed by atoms with van der Waals surface area (Å²) < 4.78 is 52.0. The molecule has 0 unspecified atom stereocenters. The van der Waals surface area contributed by atoms with Crippen LogP contribution in [0.5, 0.6) is 0 Å². The average molecular weight is 451 g/mol. The molecule has 1 aliphatic rings. The third-order valence-electron chi connectivity index (χ3n) is 5.28. The third-order valence-corrected chi connectivity index (χ3v) is 7.87. The molecule has 0 bridgehead atoms. The molecule has 1 aliphatic heterocycles. The van der Waals surface area contributed by atoms with E-state index in [1.54, 1.807) is 36.1 Å². The molecule has 0 fully saturated rings. The maximum absolute atomic E-state index is 13.0. The number of sulfone groups is 1. The summed E-state index contributed by atoms with van der Waals surface area (Å²) in [7, 11) is -7.11. The summed E-state index contributed by atoms with van der Waals surface area (Å²) in [5.74, 6) is 0.0195. The standard InChI is InChI=1S/C21H26N2O5S2/c1-4-19(15-6-8-17(9-7-15)29(3,25)26)22-30(27,28)18-10-11-20-16(14-18)12-13-23(20)21(24)5-2/h6-11,14,19,22H,4-5,12-13H2,1-3H3/t19-/m1/s1. The molecule has 9 heteroatoms. The van der Waals surface area contributed by atoms with Crippen LogP contribution in [0.25, 0.3) is 0 Å². The van der Waals surface area contributed by atoms with Crippen molar-refractivity contribution in [3.05, 3.63) is 53.6 Å². The zero-order valence-corrected chi connectivity index (χ0v) is 18.9. The SMILES string of the molecule is CCC(=O)N1CCc2cc(S(=O)(=O)N[C@H](CC)c3ccc(S(C)(=O)=O)cc3)ccc21. The van der Waals surface area contributed by atoms with Gasteiger partial charge in [0.15, 0.2) is 9.84 Å². The van der Waals surface area contributed by atoms with E-state index in [1.807, 2.05) is 6.92 Å². The number of amides is 1. The fourth-order valence-electron chi connectivity index (χ4n) is 3.58. The van der Waals surface area contributed by atoms with Crippen molar-refractivity contribution in [1.82, 2.24) is 4.72 Å². The number of benzene rings is 2. The van der Waals surface area contributed by atoms with E-state index in [4.69, 9.17) is 0 Å². The molecule has 162 valence electrons. The van der Waals surface area contributed by atoms with Gasteiger partial charge in [0, 0.05) is 31.0 Å². The van der Waals surface area contributed by atoms with Crippen molar-refractivity contribution in [3.8, 4) is 0 Å². The Morgan fingerprint density at radius 2 is 1.67 bits per heavy atom. The van der Waals surface area contributed by atoms with E-state index in [2.05, 4.69) is 4.72 Å². The van der Waals surface area contributed by atoms with Crippen LogP contribution in [0.1, 0.15) is 43.9 Å². The van der Waals surface area contributed by atoms with Crippen LogP contribution in [-0.2, 0) is 31.1 Å². The first-order chi connectivity index (χ1) is 14.1. The van der Waals surface area contributed by atoms with Crippen LogP contribution < -0.4 is 9.62 Å². The highest BCUT2D eigenvalue weighted by Gasteiger charge is 2.27. The van der Waals surface area contributed by atoms with Gasteiger partial charge in [-0.25, -0.2) is 21.6 Å². The number of nitrogens with zero attached hydrogens (tertiary/aromatic N) is 1. The Bertz CT molecular complexity index is 1160. The third kappa shape index (κ3) is 4.58. The lowest BCUT2D eigenvalue weighted by Crippen LogP contribution is -2.29. The quantitative estimate of drug-likeness (QED) is 0.699. The van der Waals surface area contributed by atoms with Gasteiger partial charge in [0.25, 0.3) is 0 Å². The van der Waals surface area contributed by atoms with Gasteiger partial charge < -0.3 is 4.90 Å². The zero-order valence-electron chi connectivity index (χ0n) is 17.3. The Morgan fingerprint density at radius 3 is 2.23 bits per heavy atom. The predicted molar refractivity (Wildman–Crippen MR) is 116 cm³/mol. The fourth-order valence-corrected chi connectivity index (χ4v) is 5.57. The number of rotatable bonds is 7. The van der Waals surface area contributed by atoms with Crippen LogP contribution in [0, 0.1) is 0 Å². The molecule has 0 radical (unpaired) electrons. The molecule has 7 nitrogen and oxygen atoms in total. The predicted octanol–water partition coefficient (Wildman–Crippen LogP) is 2.82. The van der Waals surface area contributed by atoms with E-state index < -0.39 is 25.9 Å². The van der Waals surface area contributed by atoms with E-state index in [-0.39, 0.29) is 15.7 Å². The molecule has 0 aromatic heterocycles. The van der Waals surface area contributed by atoms with E-state index in [9.17, 15) is 21.6 Å². The number of hydrogen-bond donors (Lipinski definition) is 1. The highest BCUT2D eigenvalue weighted by Crippen LogP contribution is 2.31. The van der Waals surface area contributed by atoms with Gasteiger partial charge >= 0.3 is 0 Å². The maximum Gasteiger partial charge on any atom is 0.241 e. The summed E-state index contributed by atoms with van der Waals surface area (Å²) in [6.07, 6.45) is 2.65. The highest BCUT2D eigenvalue weighted by atomic mass is 32.2. The van der Waals surface area contributed by atoms with Gasteiger partial charge in [0.1, 0.15) is 0 Å². The largest absolute Gasteiger partial charge is 0.312 e. The summed E-state index contributed by atoms with van der Waals surface area (Å²) in [5.41, 5.74) is 2.30. The number of carbonyl (C=O) groups is 1. The van der Waals surface area contributed by atoms with Crippen LogP contribution in [0.3, 0.4) is 0 Å². The first-order valence-electron chi connectivity index (χ1n) is 9.82. The minimum atomic E-state index is -3.79. The summed E-state index contributed by atoms with van der Waals surface area (Å²) >= 11 is 0. The van der Waals surface area contributed by atoms with E-state index in [1.165, 1.54) is 18.2 Å². The van der Waals surface area contributed by atoms with Crippen molar-refractivity contribution < 1.29 is 21.6 Å². The topological polar surface area (TPSA) is 101 Å². The van der Waals surface area contributed by atoms with Crippen molar-refractivity contribution in [2.75, 3.05) is 17.7 Å². The van der Waals surface area contributed by atoms with Crippen LogP contribution in [0.2, 0.25) is 0 Å². The van der Waals surface area contributed by atoms with Crippen LogP contribution in [-0.4, -0.2) is 35.5 Å². The molecule has 2 aromatic rings. The zero-order chi connectivity index (χ0) is 22.1. The minimum Gasteiger partial charge on any atom is -0.312 e. The molecule has 1 amide bonds. The number of anilines is 1. The second-order valence-corrected chi connectivity index (χ2v) is 11.1. The monoisotopic (exact) mass is 450 g/mol. The Morgan fingerprint density at radius 1 is 1.03 bits per heavy atom. The van der Waals surface area contributed by atoms with E-state index in [0.717, 1.165) is 17.5 Å². The first-order valence-corrected chi connectivity index (χ1v) is 13.2. The maximum atomic E-state index is 13.0. The van der Waals surface area contributed by atoms with Gasteiger partial charge in [-0.05, 0) is 54.3 Å². The van der Waals surface area contributed by atoms with Crippen LogP contribution >= 0.6 is 0 Å². The van der Waals surface area contributed by atoms with Crippen molar-refractivity contribution in [3.63, 3.8) is 0 Å². The van der Waals surface area contributed by atoms with Crippen LogP contribution in [0.15, 0.2) is 52.3 Å². The molecular weight excluding hydrogens is 424 g/mol. The lowest BCUT2D eigenvalue weighted by atomic mass is 10.1. The van der Waals surface area contributed by atoms with Crippen LogP contribution in [0.4, 0.5) is 5.69 Å². The summed E-state index contributed by atoms with van der Waals surface area (Å²) in [4.78, 5) is 14.1. The Balaban J connectivity index is 1.84. The lowest BCUT2D eigenvalue weighted by Gasteiger charge is -2.19. The Hall–Kier alpha value is -2.23. The second-order valence-electron chi connectivity index (χ2n) is 7.36. The van der Waals surface area contributed by atoms with Gasteiger partial charge in [-0.2, -0.15) is 0 Å². The van der Waals surface area contributed by atoms with Crippen molar-refractivity contribution in [1.29, 1.82) is 0 Å². The van der Waals surface area contributed by atoms with Gasteiger partial charge in [-0.1, -0.05) is 26.0 Å². The summed E-state index contributed by atoms with van der Waals surface area (Å²) in [6.45, 7) is 4.22. The first kappa shape index (κ1) is 22.5. The fraction of sp³-hybridized carbons (Fsp3) is 0.381. The second kappa shape index (κ2) is 8.49. The van der Waals surface area contributed by atoms with Crippen molar-refractivity contribution in [2.45, 2.75) is 48.9 Å². The highest BCUT2D eigenvalue weighted by molar-refractivity contribution is 7.90. The van der Waals surface area contributed by atoms with E-state index >= 15 is 0 Å². The molecule has 0 saturated carbocycles. The average Bonchev–Trinajstić information content (AvgIpc) is 3.14. The summed E-state index contributed by atoms with van der Waals surface area (Å²) in [6, 6.07) is 10.6. The molecule has 1 atom stereocenters. The molecule has 1 heterocycles.